The fourth-order valence-corrected chi connectivity index (χ4v) is 3.65. The van der Waals surface area contributed by atoms with Crippen LogP contribution in [0.4, 0.5) is 0 Å². The first-order valence-corrected chi connectivity index (χ1v) is 8.08. The van der Waals surface area contributed by atoms with Gasteiger partial charge in [0.2, 0.25) is 0 Å². The van der Waals surface area contributed by atoms with Gasteiger partial charge < -0.3 is 4.57 Å². The van der Waals surface area contributed by atoms with Crippen LogP contribution >= 0.6 is 0 Å². The van der Waals surface area contributed by atoms with Crippen LogP contribution in [-0.2, 0) is 19.4 Å². The Morgan fingerprint density at radius 3 is 2.65 bits per heavy atom. The number of fused-ring (bicyclic) bond motifs is 1. The van der Waals surface area contributed by atoms with E-state index in [-0.39, 0.29) is 0 Å². The molecule has 1 nitrogen and oxygen atoms in total. The van der Waals surface area contributed by atoms with Gasteiger partial charge in [0.15, 0.2) is 0 Å². The number of hydrogen-bond donors (Lipinski definition) is 0. The van der Waals surface area contributed by atoms with Gasteiger partial charge in [0.25, 0.3) is 0 Å². The number of aromatic nitrogens is 1. The van der Waals surface area contributed by atoms with Crippen molar-refractivity contribution in [3.63, 3.8) is 0 Å². The lowest BCUT2D eigenvalue weighted by Gasteiger charge is -2.23. The summed E-state index contributed by atoms with van der Waals surface area (Å²) in [6.07, 6.45) is 6.41. The maximum absolute atomic E-state index is 2.59. The van der Waals surface area contributed by atoms with Gasteiger partial charge in [-0.1, -0.05) is 44.2 Å². The van der Waals surface area contributed by atoms with Crippen LogP contribution in [0.5, 0.6) is 0 Å². The van der Waals surface area contributed by atoms with Crippen LogP contribution in [0.3, 0.4) is 0 Å². The Balaban J connectivity index is 1.99. The maximum atomic E-state index is 2.59. The largest absolute Gasteiger partial charge is 0.344 e. The molecule has 1 heteroatoms. The first-order chi connectivity index (χ1) is 9.83. The van der Waals surface area contributed by atoms with Crippen LogP contribution in [0.2, 0.25) is 0 Å². The van der Waals surface area contributed by atoms with Gasteiger partial charge in [0, 0.05) is 17.9 Å². The summed E-state index contributed by atoms with van der Waals surface area (Å²) in [6, 6.07) is 13.4. The fraction of sp³-hybridized carbons (Fsp3) is 0.474. The standard InChI is InChI=1S/C19H25N/c1-3-16-11-8-12-19-18(16)13-17(4-2)20(19)14-15-9-6-5-7-10-15/h5-7,9-10,13,16H,3-4,8,11-12,14H2,1-2H3. The van der Waals surface area contributed by atoms with Crippen molar-refractivity contribution in [1.82, 2.24) is 4.57 Å². The predicted molar refractivity (Wildman–Crippen MR) is 85.3 cm³/mol. The third-order valence-electron chi connectivity index (χ3n) is 4.77. The number of nitrogens with zero attached hydrogens (tertiary/aromatic N) is 1. The Hall–Kier alpha value is -1.50. The van der Waals surface area contributed by atoms with E-state index >= 15 is 0 Å². The predicted octanol–water partition coefficient (Wildman–Crippen LogP) is 4.93. The molecule has 2 aromatic rings. The molecule has 0 aliphatic heterocycles. The van der Waals surface area contributed by atoms with Gasteiger partial charge in [0.05, 0.1) is 0 Å². The highest BCUT2D eigenvalue weighted by Gasteiger charge is 2.24. The zero-order valence-electron chi connectivity index (χ0n) is 12.7. The molecule has 1 aromatic carbocycles. The second-order valence-corrected chi connectivity index (χ2v) is 5.96. The average Bonchev–Trinajstić information content (AvgIpc) is 2.86. The number of rotatable bonds is 4. The minimum absolute atomic E-state index is 0.793. The lowest BCUT2D eigenvalue weighted by atomic mass is 9.85. The molecular weight excluding hydrogens is 242 g/mol. The number of benzene rings is 1. The smallest absolute Gasteiger partial charge is 0.0475 e. The minimum atomic E-state index is 0.793. The molecule has 0 amide bonds. The lowest BCUT2D eigenvalue weighted by Crippen LogP contribution is -2.13. The molecule has 1 aromatic heterocycles. The Bertz CT molecular complexity index is 565. The number of hydrogen-bond acceptors (Lipinski definition) is 0. The Morgan fingerprint density at radius 1 is 1.15 bits per heavy atom. The van der Waals surface area contributed by atoms with E-state index in [1.54, 1.807) is 11.3 Å². The summed E-state index contributed by atoms with van der Waals surface area (Å²) in [6.45, 7) is 5.65. The van der Waals surface area contributed by atoms with Crippen LogP contribution in [0, 0.1) is 0 Å². The molecule has 1 atom stereocenters. The first-order valence-electron chi connectivity index (χ1n) is 8.08. The second kappa shape index (κ2) is 5.87. The number of aryl methyl sites for hydroxylation is 1. The highest BCUT2D eigenvalue weighted by atomic mass is 15.0. The van der Waals surface area contributed by atoms with Crippen molar-refractivity contribution >= 4 is 0 Å². The minimum Gasteiger partial charge on any atom is -0.344 e. The molecule has 3 rings (SSSR count). The molecule has 0 spiro atoms. The van der Waals surface area contributed by atoms with Crippen LogP contribution in [0.1, 0.15) is 61.5 Å². The molecule has 0 N–H and O–H groups in total. The zero-order valence-corrected chi connectivity index (χ0v) is 12.7. The van der Waals surface area contributed by atoms with Crippen LogP contribution in [0.25, 0.3) is 0 Å². The second-order valence-electron chi connectivity index (χ2n) is 5.96. The quantitative estimate of drug-likeness (QED) is 0.740. The molecule has 0 fully saturated rings. The van der Waals surface area contributed by atoms with Gasteiger partial charge in [-0.05, 0) is 55.2 Å². The lowest BCUT2D eigenvalue weighted by molar-refractivity contribution is 0.521. The molecule has 1 unspecified atom stereocenters. The third kappa shape index (κ3) is 2.42. The molecule has 20 heavy (non-hydrogen) atoms. The zero-order chi connectivity index (χ0) is 13.9. The van der Waals surface area contributed by atoms with E-state index in [4.69, 9.17) is 0 Å². The molecule has 1 aliphatic carbocycles. The maximum Gasteiger partial charge on any atom is 0.0475 e. The van der Waals surface area contributed by atoms with E-state index in [2.05, 4.69) is 54.8 Å². The van der Waals surface area contributed by atoms with E-state index in [1.165, 1.54) is 36.9 Å². The van der Waals surface area contributed by atoms with Crippen molar-refractivity contribution in [3.8, 4) is 0 Å². The van der Waals surface area contributed by atoms with Crippen molar-refractivity contribution in [3.05, 3.63) is 58.9 Å². The molecule has 0 saturated carbocycles. The van der Waals surface area contributed by atoms with Gasteiger partial charge in [-0.3, -0.25) is 0 Å². The van der Waals surface area contributed by atoms with Crippen molar-refractivity contribution in [2.45, 2.75) is 58.4 Å². The highest BCUT2D eigenvalue weighted by molar-refractivity contribution is 5.35. The summed E-state index contributed by atoms with van der Waals surface area (Å²) in [4.78, 5) is 0. The highest BCUT2D eigenvalue weighted by Crippen LogP contribution is 2.36. The Morgan fingerprint density at radius 2 is 1.95 bits per heavy atom. The van der Waals surface area contributed by atoms with E-state index in [0.29, 0.717) is 0 Å². The van der Waals surface area contributed by atoms with Gasteiger partial charge in [-0.2, -0.15) is 0 Å². The molecule has 0 bridgehead atoms. The van der Waals surface area contributed by atoms with Crippen LogP contribution in [0.15, 0.2) is 36.4 Å². The van der Waals surface area contributed by atoms with E-state index in [1.807, 2.05) is 0 Å². The van der Waals surface area contributed by atoms with Crippen LogP contribution < -0.4 is 0 Å². The van der Waals surface area contributed by atoms with Gasteiger partial charge in [-0.15, -0.1) is 0 Å². The monoisotopic (exact) mass is 267 g/mol. The van der Waals surface area contributed by atoms with Crippen molar-refractivity contribution in [2.24, 2.45) is 0 Å². The Labute approximate surface area is 122 Å². The van der Waals surface area contributed by atoms with E-state index in [9.17, 15) is 0 Å². The average molecular weight is 267 g/mol. The first kappa shape index (κ1) is 13.5. The summed E-state index contributed by atoms with van der Waals surface area (Å²) >= 11 is 0. The van der Waals surface area contributed by atoms with Crippen molar-refractivity contribution in [1.29, 1.82) is 0 Å². The summed E-state index contributed by atoms with van der Waals surface area (Å²) < 4.78 is 2.59. The van der Waals surface area contributed by atoms with Gasteiger partial charge in [-0.25, -0.2) is 0 Å². The van der Waals surface area contributed by atoms with Crippen LogP contribution in [-0.4, -0.2) is 4.57 Å². The molecule has 106 valence electrons. The molecule has 0 radical (unpaired) electrons. The van der Waals surface area contributed by atoms with Crippen molar-refractivity contribution in [2.75, 3.05) is 0 Å². The third-order valence-corrected chi connectivity index (χ3v) is 4.77. The summed E-state index contributed by atoms with van der Waals surface area (Å²) in [7, 11) is 0. The van der Waals surface area contributed by atoms with Gasteiger partial charge in [0.1, 0.15) is 0 Å². The van der Waals surface area contributed by atoms with E-state index < -0.39 is 0 Å². The molecular formula is C19H25N. The summed E-state index contributed by atoms with van der Waals surface area (Å²) in [5, 5.41) is 0. The van der Waals surface area contributed by atoms with E-state index in [0.717, 1.165) is 18.9 Å². The Kier molecular flexibility index (Phi) is 3.95. The molecule has 0 saturated heterocycles. The topological polar surface area (TPSA) is 4.93 Å². The summed E-state index contributed by atoms with van der Waals surface area (Å²) in [5.74, 6) is 0.793. The molecule has 1 heterocycles. The summed E-state index contributed by atoms with van der Waals surface area (Å²) in [5.41, 5.74) is 6.19. The molecule has 1 aliphatic rings. The van der Waals surface area contributed by atoms with Crippen molar-refractivity contribution < 1.29 is 0 Å². The fourth-order valence-electron chi connectivity index (χ4n) is 3.65. The normalized spacial score (nSPS) is 18.0. The SMILES string of the molecule is CCc1cc2c(n1Cc1ccccc1)CCCC2CC. The van der Waals surface area contributed by atoms with Gasteiger partial charge >= 0.3 is 0 Å².